The van der Waals surface area contributed by atoms with E-state index in [4.69, 9.17) is 9.73 Å². The quantitative estimate of drug-likeness (QED) is 0.356. The molecule has 25 heavy (non-hydrogen) atoms. The second-order valence-corrected chi connectivity index (χ2v) is 7.04. The standard InChI is InChI=1S/C19H38N4O.HI/c1-4-20-19(23-15-10-18(11-16-23)24-6-3)21-12-7-17-8-13-22(5-2)14-9-17;/h17-18H,4-16H2,1-3H3,(H,20,21);1H. The predicted octanol–water partition coefficient (Wildman–Crippen LogP) is 3.19. The highest BCUT2D eigenvalue weighted by molar-refractivity contribution is 14.0. The van der Waals surface area contributed by atoms with Gasteiger partial charge in [-0.05, 0) is 71.5 Å². The van der Waals surface area contributed by atoms with Crippen molar-refractivity contribution in [2.45, 2.75) is 59.0 Å². The largest absolute Gasteiger partial charge is 0.378 e. The number of piperidine rings is 2. The molecule has 0 aliphatic carbocycles. The number of ether oxygens (including phenoxy) is 1. The smallest absolute Gasteiger partial charge is 0.193 e. The fourth-order valence-electron chi connectivity index (χ4n) is 3.84. The van der Waals surface area contributed by atoms with Crippen molar-refractivity contribution in [3.05, 3.63) is 0 Å². The van der Waals surface area contributed by atoms with Crippen molar-refractivity contribution >= 4 is 29.9 Å². The molecule has 0 unspecified atom stereocenters. The van der Waals surface area contributed by atoms with Crippen molar-refractivity contribution in [1.82, 2.24) is 15.1 Å². The Morgan fingerprint density at radius 1 is 1.04 bits per heavy atom. The zero-order valence-corrected chi connectivity index (χ0v) is 18.8. The van der Waals surface area contributed by atoms with Crippen LogP contribution in [0.3, 0.4) is 0 Å². The van der Waals surface area contributed by atoms with Crippen molar-refractivity contribution in [3.8, 4) is 0 Å². The molecule has 0 amide bonds. The van der Waals surface area contributed by atoms with Crippen molar-refractivity contribution < 1.29 is 4.74 Å². The Labute approximate surface area is 172 Å². The van der Waals surface area contributed by atoms with Gasteiger partial charge in [0.05, 0.1) is 6.10 Å². The third-order valence-corrected chi connectivity index (χ3v) is 5.43. The van der Waals surface area contributed by atoms with E-state index in [0.717, 1.165) is 57.5 Å². The molecule has 2 fully saturated rings. The van der Waals surface area contributed by atoms with E-state index in [1.165, 1.54) is 38.9 Å². The Kier molecular flexibility index (Phi) is 12.1. The molecular formula is C19H39IN4O. The summed E-state index contributed by atoms with van der Waals surface area (Å²) in [5, 5.41) is 3.48. The lowest BCUT2D eigenvalue weighted by molar-refractivity contribution is 0.0263. The Bertz CT molecular complexity index is 364. The van der Waals surface area contributed by atoms with Crippen LogP contribution in [0, 0.1) is 5.92 Å². The highest BCUT2D eigenvalue weighted by atomic mass is 127. The van der Waals surface area contributed by atoms with Crippen LogP contribution in [0.25, 0.3) is 0 Å². The second-order valence-electron chi connectivity index (χ2n) is 7.04. The van der Waals surface area contributed by atoms with Crippen LogP contribution < -0.4 is 5.32 Å². The van der Waals surface area contributed by atoms with Crippen LogP contribution >= 0.6 is 24.0 Å². The summed E-state index contributed by atoms with van der Waals surface area (Å²) in [4.78, 5) is 9.90. The molecule has 2 heterocycles. The normalized spacial score (nSPS) is 21.2. The van der Waals surface area contributed by atoms with Crippen LogP contribution in [-0.4, -0.2) is 74.3 Å². The molecule has 2 aliphatic heterocycles. The van der Waals surface area contributed by atoms with Crippen LogP contribution in [0.4, 0.5) is 0 Å². The van der Waals surface area contributed by atoms with Gasteiger partial charge in [0.15, 0.2) is 5.96 Å². The van der Waals surface area contributed by atoms with Gasteiger partial charge in [0.2, 0.25) is 0 Å². The van der Waals surface area contributed by atoms with Gasteiger partial charge in [-0.25, -0.2) is 0 Å². The van der Waals surface area contributed by atoms with E-state index in [0.29, 0.717) is 6.10 Å². The molecule has 2 aliphatic rings. The SMILES string of the molecule is CCNC(=NCCC1CCN(CC)CC1)N1CCC(OCC)CC1.I. The van der Waals surface area contributed by atoms with E-state index in [9.17, 15) is 0 Å². The van der Waals surface area contributed by atoms with Gasteiger partial charge in [-0.15, -0.1) is 24.0 Å². The van der Waals surface area contributed by atoms with Crippen molar-refractivity contribution in [2.24, 2.45) is 10.9 Å². The summed E-state index contributed by atoms with van der Waals surface area (Å²) in [7, 11) is 0. The first kappa shape index (κ1) is 23.0. The highest BCUT2D eigenvalue weighted by Gasteiger charge is 2.22. The molecule has 5 nitrogen and oxygen atoms in total. The van der Waals surface area contributed by atoms with E-state index in [2.05, 4.69) is 35.9 Å². The van der Waals surface area contributed by atoms with Gasteiger partial charge in [-0.3, -0.25) is 4.99 Å². The summed E-state index contributed by atoms with van der Waals surface area (Å²) in [6, 6.07) is 0. The van der Waals surface area contributed by atoms with Gasteiger partial charge in [-0.2, -0.15) is 0 Å². The molecule has 0 saturated carbocycles. The first-order valence-corrected chi connectivity index (χ1v) is 10.1. The summed E-state index contributed by atoms with van der Waals surface area (Å²) >= 11 is 0. The van der Waals surface area contributed by atoms with Gasteiger partial charge < -0.3 is 19.9 Å². The number of likely N-dealkylation sites (tertiary alicyclic amines) is 2. The average Bonchev–Trinajstić information content (AvgIpc) is 2.62. The Balaban J connectivity index is 0.00000312. The number of aliphatic imine (C=N–C) groups is 1. The minimum atomic E-state index is 0. The van der Waals surface area contributed by atoms with Crippen LogP contribution in [0.15, 0.2) is 4.99 Å². The van der Waals surface area contributed by atoms with Crippen LogP contribution in [0.5, 0.6) is 0 Å². The molecule has 0 radical (unpaired) electrons. The van der Waals surface area contributed by atoms with E-state index >= 15 is 0 Å². The Morgan fingerprint density at radius 2 is 1.72 bits per heavy atom. The molecule has 6 heteroatoms. The molecule has 1 N–H and O–H groups in total. The number of hydrogen-bond donors (Lipinski definition) is 1. The molecule has 148 valence electrons. The van der Waals surface area contributed by atoms with E-state index < -0.39 is 0 Å². The first-order chi connectivity index (χ1) is 11.8. The van der Waals surface area contributed by atoms with Crippen molar-refractivity contribution in [1.29, 1.82) is 0 Å². The third kappa shape index (κ3) is 7.99. The number of rotatable bonds is 7. The molecular weight excluding hydrogens is 427 g/mol. The fourth-order valence-corrected chi connectivity index (χ4v) is 3.84. The maximum atomic E-state index is 5.76. The van der Waals surface area contributed by atoms with E-state index in [-0.39, 0.29) is 24.0 Å². The minimum Gasteiger partial charge on any atom is -0.378 e. The molecule has 0 aromatic rings. The van der Waals surface area contributed by atoms with Crippen molar-refractivity contribution in [2.75, 3.05) is 52.4 Å². The van der Waals surface area contributed by atoms with Crippen molar-refractivity contribution in [3.63, 3.8) is 0 Å². The van der Waals surface area contributed by atoms with Gasteiger partial charge >= 0.3 is 0 Å². The average molecular weight is 466 g/mol. The van der Waals surface area contributed by atoms with Crippen LogP contribution in [-0.2, 0) is 4.74 Å². The van der Waals surface area contributed by atoms with Gasteiger partial charge in [0.25, 0.3) is 0 Å². The maximum Gasteiger partial charge on any atom is 0.193 e. The van der Waals surface area contributed by atoms with E-state index in [1.807, 2.05) is 0 Å². The van der Waals surface area contributed by atoms with Gasteiger partial charge in [-0.1, -0.05) is 6.92 Å². The molecule has 0 bridgehead atoms. The lowest BCUT2D eigenvalue weighted by Gasteiger charge is -2.34. The third-order valence-electron chi connectivity index (χ3n) is 5.43. The highest BCUT2D eigenvalue weighted by Crippen LogP contribution is 2.20. The number of nitrogens with one attached hydrogen (secondary N) is 1. The number of guanidine groups is 1. The molecule has 2 rings (SSSR count). The maximum absolute atomic E-state index is 5.76. The summed E-state index contributed by atoms with van der Waals surface area (Å²) in [6.07, 6.45) is 6.61. The Hall–Kier alpha value is -0.0800. The predicted molar refractivity (Wildman–Crippen MR) is 117 cm³/mol. The topological polar surface area (TPSA) is 40.1 Å². The number of hydrogen-bond acceptors (Lipinski definition) is 3. The van der Waals surface area contributed by atoms with Gasteiger partial charge in [0.1, 0.15) is 0 Å². The van der Waals surface area contributed by atoms with Gasteiger partial charge in [0, 0.05) is 32.8 Å². The van der Waals surface area contributed by atoms with Crippen LogP contribution in [0.2, 0.25) is 0 Å². The zero-order chi connectivity index (χ0) is 17.2. The molecule has 2 saturated heterocycles. The summed E-state index contributed by atoms with van der Waals surface area (Å²) in [5.74, 6) is 1.97. The summed E-state index contributed by atoms with van der Waals surface area (Å²) < 4.78 is 5.76. The summed E-state index contributed by atoms with van der Waals surface area (Å²) in [6.45, 7) is 15.1. The molecule has 0 spiro atoms. The number of nitrogens with zero attached hydrogens (tertiary/aromatic N) is 3. The second kappa shape index (κ2) is 13.1. The lowest BCUT2D eigenvalue weighted by atomic mass is 9.94. The fraction of sp³-hybridized carbons (Fsp3) is 0.947. The minimum absolute atomic E-state index is 0. The van der Waals surface area contributed by atoms with E-state index in [1.54, 1.807) is 0 Å². The monoisotopic (exact) mass is 466 g/mol. The first-order valence-electron chi connectivity index (χ1n) is 10.1. The molecule has 0 aromatic heterocycles. The van der Waals surface area contributed by atoms with Crippen LogP contribution in [0.1, 0.15) is 52.9 Å². The molecule has 0 aromatic carbocycles. The zero-order valence-electron chi connectivity index (χ0n) is 16.5. The molecule has 0 atom stereocenters. The number of halogens is 1. The lowest BCUT2D eigenvalue weighted by Crippen LogP contribution is -2.47. The summed E-state index contributed by atoms with van der Waals surface area (Å²) in [5.41, 5.74) is 0. The Morgan fingerprint density at radius 3 is 2.28 bits per heavy atom.